The van der Waals surface area contributed by atoms with Gasteiger partial charge in [0.25, 0.3) is 5.91 Å². The van der Waals surface area contributed by atoms with Crippen molar-refractivity contribution in [2.24, 2.45) is 5.41 Å². The summed E-state index contributed by atoms with van der Waals surface area (Å²) in [6, 6.07) is 7.55. The lowest BCUT2D eigenvalue weighted by Crippen LogP contribution is -2.57. The van der Waals surface area contributed by atoms with Crippen LogP contribution in [0.3, 0.4) is 0 Å². The van der Waals surface area contributed by atoms with Crippen LogP contribution < -0.4 is 14.8 Å². The standard InChI is InChI=1S/C17H23NO4/c1-20-13-3-2-4-14(11-13)22-12-16(19)18-15-5-6-17(15)7-9-21-10-8-17/h2-4,11,15H,5-10,12H2,1H3,(H,18,19). The van der Waals surface area contributed by atoms with Gasteiger partial charge in [-0.3, -0.25) is 4.79 Å². The van der Waals surface area contributed by atoms with E-state index in [1.165, 1.54) is 6.42 Å². The van der Waals surface area contributed by atoms with E-state index in [1.54, 1.807) is 13.2 Å². The molecule has 1 aliphatic heterocycles. The summed E-state index contributed by atoms with van der Waals surface area (Å²) < 4.78 is 16.1. The predicted molar refractivity (Wildman–Crippen MR) is 82.1 cm³/mol. The van der Waals surface area contributed by atoms with Crippen molar-refractivity contribution in [3.63, 3.8) is 0 Å². The minimum absolute atomic E-state index is 0.0379. The topological polar surface area (TPSA) is 56.8 Å². The van der Waals surface area contributed by atoms with Gasteiger partial charge < -0.3 is 19.5 Å². The van der Waals surface area contributed by atoms with Crippen LogP contribution in [-0.4, -0.2) is 38.9 Å². The van der Waals surface area contributed by atoms with Gasteiger partial charge in [-0.25, -0.2) is 0 Å². The van der Waals surface area contributed by atoms with Gasteiger partial charge in [-0.1, -0.05) is 6.07 Å². The van der Waals surface area contributed by atoms with Gasteiger partial charge in [0.2, 0.25) is 0 Å². The summed E-state index contributed by atoms with van der Waals surface area (Å²) in [6.07, 6.45) is 4.35. The quantitative estimate of drug-likeness (QED) is 0.905. The van der Waals surface area contributed by atoms with E-state index in [1.807, 2.05) is 18.2 Å². The van der Waals surface area contributed by atoms with Crippen molar-refractivity contribution < 1.29 is 19.0 Å². The Morgan fingerprint density at radius 1 is 1.32 bits per heavy atom. The van der Waals surface area contributed by atoms with Gasteiger partial charge in [0.05, 0.1) is 7.11 Å². The van der Waals surface area contributed by atoms with Crippen molar-refractivity contribution in [2.45, 2.75) is 31.7 Å². The summed E-state index contributed by atoms with van der Waals surface area (Å²) in [5.41, 5.74) is 0.268. The first-order chi connectivity index (χ1) is 10.7. The maximum atomic E-state index is 12.1. The van der Waals surface area contributed by atoms with Gasteiger partial charge >= 0.3 is 0 Å². The predicted octanol–water partition coefficient (Wildman–Crippen LogP) is 2.15. The number of nitrogens with one attached hydrogen (secondary N) is 1. The molecule has 1 heterocycles. The van der Waals surface area contributed by atoms with E-state index in [4.69, 9.17) is 14.2 Å². The maximum absolute atomic E-state index is 12.1. The van der Waals surface area contributed by atoms with Gasteiger partial charge in [-0.15, -0.1) is 0 Å². The molecule has 2 fully saturated rings. The zero-order valence-corrected chi connectivity index (χ0v) is 13.0. The molecule has 0 bridgehead atoms. The summed E-state index contributed by atoms with van der Waals surface area (Å²) in [7, 11) is 1.61. The zero-order chi connectivity index (χ0) is 15.4. The van der Waals surface area contributed by atoms with E-state index < -0.39 is 0 Å². The van der Waals surface area contributed by atoms with Gasteiger partial charge in [0.1, 0.15) is 11.5 Å². The molecule has 1 saturated heterocycles. The van der Waals surface area contributed by atoms with Crippen LogP contribution in [-0.2, 0) is 9.53 Å². The minimum Gasteiger partial charge on any atom is -0.497 e. The molecule has 1 saturated carbocycles. The number of benzene rings is 1. The van der Waals surface area contributed by atoms with Crippen molar-refractivity contribution in [1.82, 2.24) is 5.32 Å². The maximum Gasteiger partial charge on any atom is 0.258 e. The molecule has 1 spiro atoms. The number of rotatable bonds is 5. The molecule has 2 aliphatic rings. The number of carbonyl (C=O) groups is 1. The third-order valence-corrected chi connectivity index (χ3v) is 4.91. The number of hydrogen-bond donors (Lipinski definition) is 1. The molecule has 1 aromatic rings. The van der Waals surface area contributed by atoms with Crippen molar-refractivity contribution in [2.75, 3.05) is 26.9 Å². The van der Waals surface area contributed by atoms with Crippen LogP contribution in [0.5, 0.6) is 11.5 Å². The first-order valence-electron chi connectivity index (χ1n) is 7.86. The highest BCUT2D eigenvalue weighted by Gasteiger charge is 2.47. The molecule has 120 valence electrons. The molecule has 5 nitrogen and oxygen atoms in total. The smallest absolute Gasteiger partial charge is 0.258 e. The Kier molecular flexibility index (Phi) is 4.52. The highest BCUT2D eigenvalue weighted by molar-refractivity contribution is 5.78. The SMILES string of the molecule is COc1cccc(OCC(=O)NC2CCC23CCOCC3)c1. The van der Waals surface area contributed by atoms with Crippen LogP contribution in [0.25, 0.3) is 0 Å². The van der Waals surface area contributed by atoms with Crippen molar-refractivity contribution in [1.29, 1.82) is 0 Å². The Labute approximate surface area is 130 Å². The first kappa shape index (κ1) is 15.2. The fourth-order valence-electron chi connectivity index (χ4n) is 3.37. The van der Waals surface area contributed by atoms with Crippen LogP contribution >= 0.6 is 0 Å². The minimum atomic E-state index is -0.0570. The summed E-state index contributed by atoms with van der Waals surface area (Å²) in [5.74, 6) is 1.31. The Hall–Kier alpha value is -1.75. The average molecular weight is 305 g/mol. The van der Waals surface area contributed by atoms with E-state index in [9.17, 15) is 4.79 Å². The van der Waals surface area contributed by atoms with Gasteiger partial charge in [0, 0.05) is 25.3 Å². The summed E-state index contributed by atoms with van der Waals surface area (Å²) in [6.45, 7) is 1.66. The molecule has 5 heteroatoms. The van der Waals surface area contributed by atoms with Crippen LogP contribution in [0.15, 0.2) is 24.3 Å². The van der Waals surface area contributed by atoms with E-state index >= 15 is 0 Å². The monoisotopic (exact) mass is 305 g/mol. The van der Waals surface area contributed by atoms with Crippen molar-refractivity contribution >= 4 is 5.91 Å². The first-order valence-corrected chi connectivity index (χ1v) is 7.86. The third kappa shape index (κ3) is 3.19. The summed E-state index contributed by atoms with van der Waals surface area (Å²) >= 11 is 0. The number of methoxy groups -OCH3 is 1. The molecule has 3 rings (SSSR count). The average Bonchev–Trinajstić information content (AvgIpc) is 2.58. The molecule has 0 aromatic heterocycles. The Bertz CT molecular complexity index is 525. The van der Waals surface area contributed by atoms with Crippen LogP contribution in [0.4, 0.5) is 0 Å². The molecular formula is C17H23NO4. The third-order valence-electron chi connectivity index (χ3n) is 4.91. The molecule has 1 atom stereocenters. The largest absolute Gasteiger partial charge is 0.497 e. The number of ether oxygens (including phenoxy) is 3. The molecule has 22 heavy (non-hydrogen) atoms. The van der Waals surface area contributed by atoms with E-state index in [0.717, 1.165) is 38.2 Å². The molecular weight excluding hydrogens is 282 g/mol. The summed E-state index contributed by atoms with van der Waals surface area (Å²) in [5, 5.41) is 3.13. The second-order valence-electron chi connectivity index (χ2n) is 6.10. The van der Waals surface area contributed by atoms with Gasteiger partial charge in [-0.2, -0.15) is 0 Å². The van der Waals surface area contributed by atoms with Gasteiger partial charge in [-0.05, 0) is 43.2 Å². The fraction of sp³-hybridized carbons (Fsp3) is 0.588. The molecule has 1 aliphatic carbocycles. The number of hydrogen-bond acceptors (Lipinski definition) is 4. The molecule has 1 unspecified atom stereocenters. The van der Waals surface area contributed by atoms with E-state index in [-0.39, 0.29) is 24.0 Å². The lowest BCUT2D eigenvalue weighted by Gasteiger charge is -2.52. The highest BCUT2D eigenvalue weighted by Crippen LogP contribution is 2.48. The molecule has 1 N–H and O–H groups in total. The van der Waals surface area contributed by atoms with Crippen molar-refractivity contribution in [3.05, 3.63) is 24.3 Å². The lowest BCUT2D eigenvalue weighted by molar-refractivity contribution is -0.129. The molecule has 1 amide bonds. The normalized spacial score (nSPS) is 22.7. The van der Waals surface area contributed by atoms with Gasteiger partial charge in [0.15, 0.2) is 6.61 Å². The lowest BCUT2D eigenvalue weighted by atomic mass is 9.60. The Balaban J connectivity index is 1.48. The van der Waals surface area contributed by atoms with E-state index in [2.05, 4.69) is 5.32 Å². The van der Waals surface area contributed by atoms with Crippen LogP contribution in [0.2, 0.25) is 0 Å². The second kappa shape index (κ2) is 6.57. The number of amides is 1. The Morgan fingerprint density at radius 3 is 2.77 bits per heavy atom. The van der Waals surface area contributed by atoms with Crippen molar-refractivity contribution in [3.8, 4) is 11.5 Å². The Morgan fingerprint density at radius 2 is 2.09 bits per heavy atom. The van der Waals surface area contributed by atoms with E-state index in [0.29, 0.717) is 5.75 Å². The summed E-state index contributed by atoms with van der Waals surface area (Å²) in [4.78, 5) is 12.1. The molecule has 1 aromatic carbocycles. The van der Waals surface area contributed by atoms with Crippen LogP contribution in [0.1, 0.15) is 25.7 Å². The number of carbonyl (C=O) groups excluding carboxylic acids is 1. The highest BCUT2D eigenvalue weighted by atomic mass is 16.5. The fourth-order valence-corrected chi connectivity index (χ4v) is 3.37. The molecule has 0 radical (unpaired) electrons. The van der Waals surface area contributed by atoms with Crippen LogP contribution in [0, 0.1) is 5.41 Å². The zero-order valence-electron chi connectivity index (χ0n) is 13.0. The second-order valence-corrected chi connectivity index (χ2v) is 6.10.